The summed E-state index contributed by atoms with van der Waals surface area (Å²) >= 11 is 12.2. The van der Waals surface area contributed by atoms with Gasteiger partial charge in [0.15, 0.2) is 0 Å². The van der Waals surface area contributed by atoms with Crippen LogP contribution in [0.25, 0.3) is 0 Å². The number of rotatable bonds is 6. The first-order chi connectivity index (χ1) is 14.9. The number of aryl methyl sites for hydroxylation is 1. The van der Waals surface area contributed by atoms with Crippen LogP contribution in [0.5, 0.6) is 0 Å². The lowest BCUT2D eigenvalue weighted by Gasteiger charge is -2.13. The number of amides is 4. The number of carbonyl (C=O) groups excluding carboxylic acids is 2. The summed E-state index contributed by atoms with van der Waals surface area (Å²) in [6.45, 7) is 2.46. The first kappa shape index (κ1) is 22.5. The molecule has 31 heavy (non-hydrogen) atoms. The fraction of sp³-hybridized carbons (Fsp3) is 0.130. The van der Waals surface area contributed by atoms with Crippen LogP contribution >= 0.6 is 23.2 Å². The Morgan fingerprint density at radius 3 is 1.81 bits per heavy atom. The molecule has 3 rings (SSSR count). The topological polar surface area (TPSA) is 82.3 Å². The molecule has 0 radical (unpaired) electrons. The fourth-order valence-electron chi connectivity index (χ4n) is 2.81. The monoisotopic (exact) mass is 456 g/mol. The van der Waals surface area contributed by atoms with E-state index in [4.69, 9.17) is 23.2 Å². The molecule has 4 N–H and O–H groups in total. The van der Waals surface area contributed by atoms with Gasteiger partial charge in [-0.05, 0) is 47.9 Å². The van der Waals surface area contributed by atoms with Crippen LogP contribution in [0.3, 0.4) is 0 Å². The van der Waals surface area contributed by atoms with Crippen LogP contribution in [0.1, 0.15) is 16.7 Å². The minimum absolute atomic E-state index is 0.299. The molecule has 0 bridgehead atoms. The number of hydrogen-bond acceptors (Lipinski definition) is 2. The smallest absolute Gasteiger partial charge is 0.319 e. The van der Waals surface area contributed by atoms with Crippen LogP contribution in [0.15, 0.2) is 66.7 Å². The van der Waals surface area contributed by atoms with Gasteiger partial charge in [0.1, 0.15) is 0 Å². The van der Waals surface area contributed by atoms with E-state index >= 15 is 0 Å². The predicted molar refractivity (Wildman–Crippen MR) is 126 cm³/mol. The van der Waals surface area contributed by atoms with Crippen molar-refractivity contribution in [2.45, 2.75) is 20.0 Å². The molecule has 0 spiro atoms. The molecule has 3 aromatic carbocycles. The minimum atomic E-state index is -0.377. The summed E-state index contributed by atoms with van der Waals surface area (Å²) in [5, 5.41) is 12.3. The quantitative estimate of drug-likeness (QED) is 0.369. The van der Waals surface area contributed by atoms with Crippen LogP contribution in [0.2, 0.25) is 10.0 Å². The van der Waals surface area contributed by atoms with Gasteiger partial charge >= 0.3 is 12.1 Å². The summed E-state index contributed by atoms with van der Waals surface area (Å²) in [5.74, 6) is 0. The van der Waals surface area contributed by atoms with Gasteiger partial charge in [0.2, 0.25) is 0 Å². The lowest BCUT2D eigenvalue weighted by molar-refractivity contribution is 0.251. The zero-order valence-corrected chi connectivity index (χ0v) is 18.3. The maximum Gasteiger partial charge on any atom is 0.319 e. The summed E-state index contributed by atoms with van der Waals surface area (Å²) in [6.07, 6.45) is 0. The fourth-order valence-corrected chi connectivity index (χ4v) is 3.22. The summed E-state index contributed by atoms with van der Waals surface area (Å²) in [7, 11) is 0. The Morgan fingerprint density at radius 1 is 0.742 bits per heavy atom. The van der Waals surface area contributed by atoms with Crippen molar-refractivity contribution in [2.75, 3.05) is 10.6 Å². The third-order valence-electron chi connectivity index (χ3n) is 4.54. The molecule has 4 amide bonds. The predicted octanol–water partition coefficient (Wildman–Crippen LogP) is 5.95. The summed E-state index contributed by atoms with van der Waals surface area (Å²) in [4.78, 5) is 24.5. The first-order valence-electron chi connectivity index (χ1n) is 9.59. The standard InChI is InChI=1S/C23H22Cl2N4O2/c1-15-10-11-18(28-22(30)26-13-16-6-2-4-8-19(16)24)12-21(15)29-23(31)27-14-17-7-3-5-9-20(17)25/h2-12H,13-14H2,1H3,(H2,26,28,30)(H2,27,29,31). The van der Waals surface area contributed by atoms with Crippen LogP contribution in [0.4, 0.5) is 21.0 Å². The lowest BCUT2D eigenvalue weighted by atomic mass is 10.2. The van der Waals surface area contributed by atoms with Gasteiger partial charge in [-0.1, -0.05) is 65.7 Å². The highest BCUT2D eigenvalue weighted by atomic mass is 35.5. The summed E-state index contributed by atoms with van der Waals surface area (Å²) < 4.78 is 0. The van der Waals surface area contributed by atoms with E-state index in [2.05, 4.69) is 21.3 Å². The zero-order valence-electron chi connectivity index (χ0n) is 16.8. The van der Waals surface area contributed by atoms with Crippen molar-refractivity contribution in [2.24, 2.45) is 0 Å². The van der Waals surface area contributed by atoms with Gasteiger partial charge in [0, 0.05) is 34.5 Å². The van der Waals surface area contributed by atoms with Gasteiger partial charge in [0.05, 0.1) is 0 Å². The van der Waals surface area contributed by atoms with Crippen molar-refractivity contribution < 1.29 is 9.59 Å². The summed E-state index contributed by atoms with van der Waals surface area (Å²) in [5.41, 5.74) is 3.63. The number of halogens is 2. The number of benzene rings is 3. The zero-order chi connectivity index (χ0) is 22.2. The molecule has 0 unspecified atom stereocenters. The SMILES string of the molecule is Cc1ccc(NC(=O)NCc2ccccc2Cl)cc1NC(=O)NCc1ccccc1Cl. The Morgan fingerprint density at radius 2 is 1.26 bits per heavy atom. The van der Waals surface area contributed by atoms with E-state index in [1.165, 1.54) is 0 Å². The number of anilines is 2. The van der Waals surface area contributed by atoms with Crippen LogP contribution in [-0.4, -0.2) is 12.1 Å². The van der Waals surface area contributed by atoms with Crippen molar-refractivity contribution in [3.8, 4) is 0 Å². The maximum atomic E-state index is 12.3. The van der Waals surface area contributed by atoms with Gasteiger partial charge < -0.3 is 21.3 Å². The van der Waals surface area contributed by atoms with Crippen LogP contribution < -0.4 is 21.3 Å². The van der Waals surface area contributed by atoms with E-state index < -0.39 is 0 Å². The molecule has 0 saturated carbocycles. The van der Waals surface area contributed by atoms with Crippen LogP contribution in [0, 0.1) is 6.92 Å². The van der Waals surface area contributed by atoms with E-state index in [9.17, 15) is 9.59 Å². The van der Waals surface area contributed by atoms with Crippen molar-refractivity contribution in [1.82, 2.24) is 10.6 Å². The first-order valence-corrected chi connectivity index (χ1v) is 10.3. The Kier molecular flexibility index (Phi) is 7.76. The second-order valence-corrected chi connectivity index (χ2v) is 7.64. The van der Waals surface area contributed by atoms with E-state index in [1.807, 2.05) is 49.4 Å². The Hall–Kier alpha value is -3.22. The normalized spacial score (nSPS) is 10.3. The van der Waals surface area contributed by atoms with Gasteiger partial charge in [-0.25, -0.2) is 9.59 Å². The summed E-state index contributed by atoms with van der Waals surface area (Å²) in [6, 6.07) is 19.1. The van der Waals surface area contributed by atoms with E-state index in [0.717, 1.165) is 16.7 Å². The van der Waals surface area contributed by atoms with Gasteiger partial charge in [-0.15, -0.1) is 0 Å². The molecule has 0 fully saturated rings. The third kappa shape index (κ3) is 6.64. The van der Waals surface area contributed by atoms with Gasteiger partial charge in [-0.2, -0.15) is 0 Å². The minimum Gasteiger partial charge on any atom is -0.334 e. The van der Waals surface area contributed by atoms with Gasteiger partial charge in [0.25, 0.3) is 0 Å². The molecule has 0 heterocycles. The third-order valence-corrected chi connectivity index (χ3v) is 5.28. The van der Waals surface area contributed by atoms with E-state index in [-0.39, 0.29) is 12.1 Å². The average molecular weight is 457 g/mol. The molecular formula is C23H22Cl2N4O2. The van der Waals surface area contributed by atoms with Crippen molar-refractivity contribution in [3.05, 3.63) is 93.5 Å². The Labute approximate surface area is 190 Å². The molecule has 0 aliphatic rings. The maximum absolute atomic E-state index is 12.3. The van der Waals surface area contributed by atoms with Crippen molar-refractivity contribution >= 4 is 46.6 Å². The highest BCUT2D eigenvalue weighted by Crippen LogP contribution is 2.21. The molecule has 0 aliphatic carbocycles. The number of nitrogens with one attached hydrogen (secondary N) is 4. The molecule has 0 saturated heterocycles. The molecule has 8 heteroatoms. The second-order valence-electron chi connectivity index (χ2n) is 6.83. The molecule has 0 atom stereocenters. The van der Waals surface area contributed by atoms with Crippen molar-refractivity contribution in [1.29, 1.82) is 0 Å². The average Bonchev–Trinajstić information content (AvgIpc) is 2.75. The number of urea groups is 2. The number of carbonyl (C=O) groups is 2. The van der Waals surface area contributed by atoms with Crippen LogP contribution in [-0.2, 0) is 13.1 Å². The van der Waals surface area contributed by atoms with E-state index in [1.54, 1.807) is 24.3 Å². The van der Waals surface area contributed by atoms with E-state index in [0.29, 0.717) is 34.5 Å². The molecule has 160 valence electrons. The number of hydrogen-bond donors (Lipinski definition) is 4. The molecule has 3 aromatic rings. The molecule has 0 aliphatic heterocycles. The molecular weight excluding hydrogens is 435 g/mol. The Bertz CT molecular complexity index is 1090. The lowest BCUT2D eigenvalue weighted by Crippen LogP contribution is -2.29. The Balaban J connectivity index is 1.55. The highest BCUT2D eigenvalue weighted by molar-refractivity contribution is 6.31. The molecule has 0 aromatic heterocycles. The second kappa shape index (κ2) is 10.7. The highest BCUT2D eigenvalue weighted by Gasteiger charge is 2.09. The largest absolute Gasteiger partial charge is 0.334 e. The van der Waals surface area contributed by atoms with Gasteiger partial charge in [-0.3, -0.25) is 0 Å². The molecule has 6 nitrogen and oxygen atoms in total. The van der Waals surface area contributed by atoms with Crippen molar-refractivity contribution in [3.63, 3.8) is 0 Å².